The van der Waals surface area contributed by atoms with Crippen molar-refractivity contribution in [3.05, 3.63) is 21.9 Å². The van der Waals surface area contributed by atoms with Crippen LogP contribution in [0, 0.1) is 6.92 Å². The zero-order valence-electron chi connectivity index (χ0n) is 14.8. The van der Waals surface area contributed by atoms with E-state index in [0.717, 1.165) is 18.9 Å². The summed E-state index contributed by atoms with van der Waals surface area (Å²) in [4.78, 5) is 7.07. The summed E-state index contributed by atoms with van der Waals surface area (Å²) in [7, 11) is -3.11. The van der Waals surface area contributed by atoms with Crippen molar-refractivity contribution in [2.45, 2.75) is 33.7 Å². The lowest BCUT2D eigenvalue weighted by atomic mass is 10.4. The molecule has 0 atom stereocenters. The quantitative estimate of drug-likeness (QED) is 0.242. The molecule has 0 aliphatic carbocycles. The van der Waals surface area contributed by atoms with E-state index in [-0.39, 0.29) is 24.0 Å². The van der Waals surface area contributed by atoms with Crippen LogP contribution in [0.4, 0.5) is 0 Å². The Kier molecular flexibility index (Phi) is 11.8. The van der Waals surface area contributed by atoms with Crippen LogP contribution in [0.25, 0.3) is 0 Å². The van der Waals surface area contributed by atoms with Gasteiger partial charge in [-0.1, -0.05) is 6.92 Å². The maximum Gasteiger partial charge on any atom is 0.211 e. The Morgan fingerprint density at radius 1 is 1.29 bits per heavy atom. The van der Waals surface area contributed by atoms with Crippen molar-refractivity contribution >= 4 is 51.3 Å². The van der Waals surface area contributed by atoms with Crippen molar-refractivity contribution in [2.24, 2.45) is 4.99 Å². The van der Waals surface area contributed by atoms with Gasteiger partial charge in [-0.25, -0.2) is 17.7 Å². The van der Waals surface area contributed by atoms with Crippen LogP contribution in [0.15, 0.2) is 17.1 Å². The van der Waals surface area contributed by atoms with Gasteiger partial charge in [0.25, 0.3) is 0 Å². The summed E-state index contributed by atoms with van der Waals surface area (Å²) in [5.74, 6) is 0.765. The lowest BCUT2D eigenvalue weighted by molar-refractivity contribution is 0.424. The molecule has 0 fully saturated rings. The summed E-state index contributed by atoms with van der Waals surface area (Å²) >= 11 is 1.75. The summed E-state index contributed by atoms with van der Waals surface area (Å²) in [6, 6.07) is 4.19. The van der Waals surface area contributed by atoms with E-state index >= 15 is 0 Å². The number of hydrogen-bond donors (Lipinski definition) is 2. The molecule has 1 aromatic rings. The molecule has 9 heteroatoms. The molecule has 0 bridgehead atoms. The molecule has 140 valence electrons. The molecule has 1 aromatic heterocycles. The molecule has 0 spiro atoms. The van der Waals surface area contributed by atoms with Gasteiger partial charge in [0.1, 0.15) is 0 Å². The van der Waals surface area contributed by atoms with Gasteiger partial charge in [-0.15, -0.1) is 35.3 Å². The van der Waals surface area contributed by atoms with Crippen LogP contribution < -0.4 is 10.6 Å². The first-order valence-electron chi connectivity index (χ1n) is 7.89. The summed E-state index contributed by atoms with van der Waals surface area (Å²) in [6.45, 7) is 9.11. The van der Waals surface area contributed by atoms with Gasteiger partial charge in [-0.3, -0.25) is 0 Å². The highest BCUT2D eigenvalue weighted by Crippen LogP contribution is 2.15. The minimum absolute atomic E-state index is 0. The largest absolute Gasteiger partial charge is 0.357 e. The standard InChI is InChI=1S/C15H28N4O2S2.HI/c1-5-16-15(18-12-14-9-8-13(3)22-14)17-10-7-11-19(6-2)23(4,20)21;/h8-9H,5-7,10-12H2,1-4H3,(H2,16,17,18);1H. The lowest BCUT2D eigenvalue weighted by Crippen LogP contribution is -2.39. The Hall–Kier alpha value is -0.390. The second-order valence-corrected chi connectivity index (χ2v) is 8.60. The molecular weight excluding hydrogens is 459 g/mol. The molecule has 0 unspecified atom stereocenters. The third-order valence-corrected chi connectivity index (χ3v) is 5.60. The van der Waals surface area contributed by atoms with Crippen molar-refractivity contribution in [3.63, 3.8) is 0 Å². The van der Waals surface area contributed by atoms with E-state index in [1.165, 1.54) is 20.3 Å². The number of thiophene rings is 1. The number of aryl methyl sites for hydroxylation is 1. The smallest absolute Gasteiger partial charge is 0.211 e. The first-order valence-corrected chi connectivity index (χ1v) is 10.6. The van der Waals surface area contributed by atoms with Crippen LogP contribution in [0.2, 0.25) is 0 Å². The fraction of sp³-hybridized carbons (Fsp3) is 0.667. The molecule has 0 radical (unpaired) electrons. The zero-order valence-corrected chi connectivity index (χ0v) is 18.8. The van der Waals surface area contributed by atoms with Crippen molar-refractivity contribution in [1.29, 1.82) is 0 Å². The molecule has 1 rings (SSSR count). The SMILES string of the molecule is CCNC(=NCc1ccc(C)s1)NCCCN(CC)S(C)(=O)=O.I. The number of halogens is 1. The average Bonchev–Trinajstić information content (AvgIpc) is 2.88. The van der Waals surface area contributed by atoms with Gasteiger partial charge in [0, 0.05) is 35.9 Å². The molecule has 0 aliphatic heterocycles. The van der Waals surface area contributed by atoms with Gasteiger partial charge >= 0.3 is 0 Å². The van der Waals surface area contributed by atoms with E-state index in [1.807, 2.05) is 13.8 Å². The topological polar surface area (TPSA) is 73.8 Å². The number of guanidine groups is 1. The number of hydrogen-bond acceptors (Lipinski definition) is 4. The maximum atomic E-state index is 11.5. The van der Waals surface area contributed by atoms with Crippen LogP contribution in [0.3, 0.4) is 0 Å². The Labute approximate surface area is 167 Å². The van der Waals surface area contributed by atoms with Gasteiger partial charge in [-0.05, 0) is 32.4 Å². The van der Waals surface area contributed by atoms with Crippen LogP contribution in [0.1, 0.15) is 30.0 Å². The molecule has 0 saturated carbocycles. The van der Waals surface area contributed by atoms with E-state index in [1.54, 1.807) is 11.3 Å². The average molecular weight is 488 g/mol. The van der Waals surface area contributed by atoms with Gasteiger partial charge in [0.05, 0.1) is 12.8 Å². The van der Waals surface area contributed by atoms with Crippen LogP contribution in [-0.2, 0) is 16.6 Å². The molecule has 1 heterocycles. The van der Waals surface area contributed by atoms with E-state index in [2.05, 4.69) is 34.7 Å². The Bertz CT molecular complexity index is 602. The predicted molar refractivity (Wildman–Crippen MR) is 114 cm³/mol. The maximum absolute atomic E-state index is 11.5. The minimum Gasteiger partial charge on any atom is -0.357 e. The normalized spacial score (nSPS) is 12.1. The van der Waals surface area contributed by atoms with E-state index in [4.69, 9.17) is 0 Å². The molecule has 2 N–H and O–H groups in total. The molecule has 0 saturated heterocycles. The number of aliphatic imine (C=N–C) groups is 1. The van der Waals surface area contributed by atoms with Crippen molar-refractivity contribution in [3.8, 4) is 0 Å². The van der Waals surface area contributed by atoms with Crippen molar-refractivity contribution < 1.29 is 8.42 Å². The second kappa shape index (κ2) is 12.0. The third kappa shape index (κ3) is 9.19. The lowest BCUT2D eigenvalue weighted by Gasteiger charge is -2.18. The number of rotatable bonds is 9. The van der Waals surface area contributed by atoms with Crippen molar-refractivity contribution in [1.82, 2.24) is 14.9 Å². The van der Waals surface area contributed by atoms with Gasteiger partial charge in [0.15, 0.2) is 5.96 Å². The Balaban J connectivity index is 0.00000529. The highest BCUT2D eigenvalue weighted by Gasteiger charge is 2.13. The van der Waals surface area contributed by atoms with Gasteiger partial charge in [-0.2, -0.15) is 0 Å². The second-order valence-electron chi connectivity index (χ2n) is 5.24. The monoisotopic (exact) mass is 488 g/mol. The molecule has 24 heavy (non-hydrogen) atoms. The van der Waals surface area contributed by atoms with E-state index < -0.39 is 10.0 Å². The summed E-state index contributed by atoms with van der Waals surface area (Å²) < 4.78 is 24.5. The summed E-state index contributed by atoms with van der Waals surface area (Å²) in [5.41, 5.74) is 0. The van der Waals surface area contributed by atoms with Crippen LogP contribution in [-0.4, -0.2) is 51.1 Å². The van der Waals surface area contributed by atoms with E-state index in [9.17, 15) is 8.42 Å². The summed E-state index contributed by atoms with van der Waals surface area (Å²) in [5, 5.41) is 6.45. The van der Waals surface area contributed by atoms with Crippen LogP contribution in [0.5, 0.6) is 0 Å². The van der Waals surface area contributed by atoms with Crippen molar-refractivity contribution in [2.75, 3.05) is 32.4 Å². The first kappa shape index (κ1) is 23.6. The van der Waals surface area contributed by atoms with Gasteiger partial charge < -0.3 is 10.6 Å². The fourth-order valence-electron chi connectivity index (χ4n) is 2.09. The zero-order chi connectivity index (χ0) is 17.3. The van der Waals surface area contributed by atoms with Gasteiger partial charge in [0.2, 0.25) is 10.0 Å². The Morgan fingerprint density at radius 2 is 2.00 bits per heavy atom. The van der Waals surface area contributed by atoms with E-state index in [0.29, 0.717) is 26.2 Å². The first-order chi connectivity index (χ1) is 10.9. The predicted octanol–water partition coefficient (Wildman–Crippen LogP) is 2.40. The summed E-state index contributed by atoms with van der Waals surface area (Å²) in [6.07, 6.45) is 1.99. The highest BCUT2D eigenvalue weighted by molar-refractivity contribution is 14.0. The number of sulfonamides is 1. The molecule has 0 aromatic carbocycles. The molecule has 0 aliphatic rings. The molecule has 0 amide bonds. The van der Waals surface area contributed by atoms with Crippen LogP contribution >= 0.6 is 35.3 Å². The molecular formula is C15H29IN4O2S2. The number of nitrogens with zero attached hydrogens (tertiary/aromatic N) is 2. The molecule has 6 nitrogen and oxygen atoms in total. The highest BCUT2D eigenvalue weighted by atomic mass is 127. The Morgan fingerprint density at radius 3 is 2.50 bits per heavy atom. The fourth-order valence-corrected chi connectivity index (χ4v) is 3.83. The minimum atomic E-state index is -3.11. The third-order valence-electron chi connectivity index (χ3n) is 3.23. The number of nitrogens with one attached hydrogen (secondary N) is 2.